The Balaban J connectivity index is -0.0000000311. The number of allylic oxidation sites excluding steroid dienone is 4. The molecule has 3 aliphatic rings. The summed E-state index contributed by atoms with van der Waals surface area (Å²) in [6, 6.07) is 15.7. The number of nitrogens with one attached hydrogen (secondary N) is 1. The summed E-state index contributed by atoms with van der Waals surface area (Å²) in [6.07, 6.45) is 31.0. The van der Waals surface area contributed by atoms with Crippen molar-refractivity contribution in [2.45, 2.75) is 166 Å². The standard InChI is InChI=1S/C7H15NOS.C7H7.C5H5N.2C5H10.C5H6.4C2H6.3C2H5.CH3.W.4Y/c1-6(9)7(8-2)4-5-10-3;1-7-5-3-2-4-6-7;1-2-4-6-5-3-1;3*1-2-4-5-3-1;7*1-2;;;;;;/h7-8H,4-5H2,1-3H3;2-6H,1H2;1-5H;2*1-5H2;1-4H,5H2;4*1-2H3;3*1H2,2H3;1H3;;;;;/q;-1;;;;;;;;;4*-1;;;;;/t7-;;;;;;;;;;;;;;;;;;/m0................../s1. The number of hydrogen-bond donors (Lipinski definition) is 1. The van der Waals surface area contributed by atoms with Gasteiger partial charge in [-0.2, -0.15) is 57.2 Å². The summed E-state index contributed by atoms with van der Waals surface area (Å²) in [5, 5.41) is 2.97. The number of aromatic nitrogens is 1. The Morgan fingerprint density at radius 3 is 1.07 bits per heavy atom. The molecule has 4 radical (unpaired) electrons. The van der Waals surface area contributed by atoms with Crippen LogP contribution in [0.25, 0.3) is 0 Å². The first-order valence-corrected chi connectivity index (χ1v) is 21.8. The van der Waals surface area contributed by atoms with Gasteiger partial charge in [0.1, 0.15) is 5.78 Å². The normalized spacial score (nSPS) is 10.5. The molecule has 2 aromatic rings. The van der Waals surface area contributed by atoms with Crippen LogP contribution in [0.5, 0.6) is 0 Å². The van der Waals surface area contributed by atoms with Crippen molar-refractivity contribution >= 4 is 17.5 Å². The topological polar surface area (TPSA) is 42.0 Å². The maximum Gasteiger partial charge on any atom is 0.146 e. The van der Waals surface area contributed by atoms with E-state index in [1.54, 1.807) is 51.9 Å². The van der Waals surface area contributed by atoms with Gasteiger partial charge in [0, 0.05) is 164 Å². The summed E-state index contributed by atoms with van der Waals surface area (Å²) in [7, 11) is 1.83. The van der Waals surface area contributed by atoms with E-state index >= 15 is 0 Å². The molecule has 0 unspecified atom stereocenters. The third-order valence-electron chi connectivity index (χ3n) is 6.01. The second-order valence-electron chi connectivity index (χ2n) is 9.37. The van der Waals surface area contributed by atoms with Crippen molar-refractivity contribution in [3.63, 3.8) is 0 Å². The van der Waals surface area contributed by atoms with Crippen LogP contribution in [0.15, 0.2) is 85.2 Å². The molecular weight excluding hydrogens is 1200 g/mol. The van der Waals surface area contributed by atoms with Gasteiger partial charge in [0.25, 0.3) is 0 Å². The minimum atomic E-state index is 0. The number of thioether (sulfide) groups is 1. The molecule has 1 heterocycles. The van der Waals surface area contributed by atoms with Crippen LogP contribution in [0.3, 0.4) is 0 Å². The first kappa shape index (κ1) is 99.3. The molecule has 58 heavy (non-hydrogen) atoms. The molecule has 0 bridgehead atoms. The average molecular weight is 1300 g/mol. The van der Waals surface area contributed by atoms with Crippen molar-refractivity contribution in [2.75, 3.05) is 19.1 Å². The molecule has 9 heteroatoms. The first-order chi connectivity index (χ1) is 25.6. The van der Waals surface area contributed by atoms with E-state index < -0.39 is 0 Å². The molecule has 2 saturated carbocycles. The minimum Gasteiger partial charge on any atom is -0.358 e. The van der Waals surface area contributed by atoms with E-state index in [1.165, 1.54) is 64.2 Å². The maximum absolute atomic E-state index is 10.8. The Bertz CT molecular complexity index is 753. The number of hydrogen-bond acceptors (Lipinski definition) is 4. The summed E-state index contributed by atoms with van der Waals surface area (Å²) < 4.78 is 0. The van der Waals surface area contributed by atoms with Crippen LogP contribution in [-0.2, 0) is 157 Å². The molecule has 1 N–H and O–H groups in total. The monoisotopic (exact) mass is 1300 g/mol. The number of ketones is 1. The molecular formula is C49H95N2OSWY4-5. The molecule has 1 aromatic carbocycles. The summed E-state index contributed by atoms with van der Waals surface area (Å²) in [5.74, 6) is 1.28. The van der Waals surface area contributed by atoms with Gasteiger partial charge in [-0.05, 0) is 51.0 Å². The molecule has 3 nitrogen and oxygen atoms in total. The van der Waals surface area contributed by atoms with E-state index in [9.17, 15) is 4.79 Å². The number of pyridine rings is 1. The number of nitrogens with zero attached hydrogens (tertiary/aromatic N) is 1. The Hall–Kier alpha value is 2.80. The summed E-state index contributed by atoms with van der Waals surface area (Å²) >= 11 is 1.77. The zero-order chi connectivity index (χ0) is 41.9. The Kier molecular flexibility index (Phi) is 203. The molecule has 1 atom stereocenters. The number of benzene rings is 1. The van der Waals surface area contributed by atoms with Gasteiger partial charge >= 0.3 is 0 Å². The predicted octanol–water partition coefficient (Wildman–Crippen LogP) is 16.3. The third kappa shape index (κ3) is 112. The van der Waals surface area contributed by atoms with Crippen molar-refractivity contribution in [3.05, 3.63) is 126 Å². The van der Waals surface area contributed by atoms with E-state index in [4.69, 9.17) is 0 Å². The van der Waals surface area contributed by atoms with Crippen LogP contribution in [-0.4, -0.2) is 35.9 Å². The van der Waals surface area contributed by atoms with E-state index in [-0.39, 0.29) is 171 Å². The fourth-order valence-electron chi connectivity index (χ4n) is 3.74. The van der Waals surface area contributed by atoms with Crippen LogP contribution >= 0.6 is 11.8 Å². The second-order valence-corrected chi connectivity index (χ2v) is 10.4. The molecule has 5 rings (SSSR count). The van der Waals surface area contributed by atoms with Crippen molar-refractivity contribution in [2.24, 2.45) is 0 Å². The van der Waals surface area contributed by atoms with Gasteiger partial charge in [-0.25, -0.2) is 0 Å². The number of carbonyl (C=O) groups is 1. The molecule has 0 saturated heterocycles. The summed E-state index contributed by atoms with van der Waals surface area (Å²) in [4.78, 5) is 14.6. The summed E-state index contributed by atoms with van der Waals surface area (Å²) in [6.45, 7) is 36.3. The smallest absolute Gasteiger partial charge is 0.146 e. The van der Waals surface area contributed by atoms with Gasteiger partial charge in [-0.15, -0.1) is 12.1 Å². The van der Waals surface area contributed by atoms with Crippen molar-refractivity contribution in [1.29, 1.82) is 0 Å². The Morgan fingerprint density at radius 1 is 0.638 bits per heavy atom. The zero-order valence-electron chi connectivity index (χ0n) is 41.2. The predicted molar refractivity (Wildman–Crippen MR) is 256 cm³/mol. The van der Waals surface area contributed by atoms with E-state index in [0.29, 0.717) is 0 Å². The van der Waals surface area contributed by atoms with Crippen molar-refractivity contribution in [3.8, 4) is 0 Å². The van der Waals surface area contributed by atoms with Crippen LogP contribution in [0.1, 0.15) is 166 Å². The number of likely N-dealkylation sites (N-methyl/N-ethyl adjacent to an activating group) is 1. The summed E-state index contributed by atoms with van der Waals surface area (Å²) in [5.41, 5.74) is 1.07. The largest absolute Gasteiger partial charge is 0.358 e. The minimum absolute atomic E-state index is 0. The van der Waals surface area contributed by atoms with E-state index in [1.807, 2.05) is 117 Å². The fourth-order valence-corrected chi connectivity index (χ4v) is 4.21. The number of Topliss-reactive ketones (excluding diaryl/α,β-unsaturated/α-hetero) is 1. The van der Waals surface area contributed by atoms with Crippen molar-refractivity contribution in [1.82, 2.24) is 10.3 Å². The van der Waals surface area contributed by atoms with Crippen LogP contribution in [0.4, 0.5) is 0 Å². The van der Waals surface area contributed by atoms with Gasteiger partial charge in [0.15, 0.2) is 0 Å². The average Bonchev–Trinajstić information content (AvgIpc) is 4.11. The Morgan fingerprint density at radius 2 is 0.931 bits per heavy atom. The van der Waals surface area contributed by atoms with Crippen LogP contribution < -0.4 is 5.32 Å². The third-order valence-corrected chi connectivity index (χ3v) is 6.66. The fraction of sp³-hybridized carbons (Fsp3) is 0.571. The number of carbonyl (C=O) groups excluding carboxylic acids is 1. The van der Waals surface area contributed by atoms with Gasteiger partial charge < -0.3 is 33.5 Å². The molecule has 0 amide bonds. The van der Waals surface area contributed by atoms with Crippen LogP contribution in [0.2, 0.25) is 0 Å². The maximum atomic E-state index is 10.8. The van der Waals surface area contributed by atoms with Gasteiger partial charge in [0.2, 0.25) is 0 Å². The van der Waals surface area contributed by atoms with Gasteiger partial charge in [0.05, 0.1) is 6.04 Å². The van der Waals surface area contributed by atoms with Gasteiger partial charge in [-0.1, -0.05) is 156 Å². The zero-order valence-corrected chi connectivity index (χ0v) is 56.3. The van der Waals surface area contributed by atoms with E-state index in [0.717, 1.165) is 24.2 Å². The molecule has 0 aliphatic heterocycles. The van der Waals surface area contributed by atoms with Crippen molar-refractivity contribution < 1.29 is 157 Å². The molecule has 336 valence electrons. The molecule has 2 fully saturated rings. The molecule has 3 aliphatic carbocycles. The SMILES string of the molecule is C1=CCC=C1.C1CCCC1.C1CCCC1.CC.CC.CC.CC.CN[C@@H](CCSC)C(C)=O.[CH2-]C.[CH2-]C.[CH2-]C.[CH2-]c1ccccc1.[CH3-].[W].[Y].[Y].[Y].[Y].c1ccncc1. The second kappa shape index (κ2) is 118. The first-order valence-electron chi connectivity index (χ1n) is 20.4. The van der Waals surface area contributed by atoms with Gasteiger partial charge in [-0.3, -0.25) is 9.78 Å². The Labute approximate surface area is 488 Å². The quantitative estimate of drug-likeness (QED) is 0.303. The number of rotatable bonds is 5. The molecule has 0 spiro atoms. The van der Waals surface area contributed by atoms with Crippen LogP contribution in [0, 0.1) is 35.1 Å². The van der Waals surface area contributed by atoms with E-state index in [2.05, 4.69) is 62.3 Å². The molecule has 1 aromatic heterocycles.